The van der Waals surface area contributed by atoms with Crippen LogP contribution in [0.3, 0.4) is 0 Å². The zero-order chi connectivity index (χ0) is 12.9. The van der Waals surface area contributed by atoms with Gasteiger partial charge in [0.25, 0.3) is 0 Å². The molecule has 0 aliphatic carbocycles. The van der Waals surface area contributed by atoms with Crippen molar-refractivity contribution in [3.8, 4) is 12.3 Å². The highest BCUT2D eigenvalue weighted by atomic mass is 32.2. The van der Waals surface area contributed by atoms with Crippen LogP contribution in [0.15, 0.2) is 16.3 Å². The maximum absolute atomic E-state index is 11.2. The van der Waals surface area contributed by atoms with Crippen molar-refractivity contribution in [3.05, 3.63) is 17.0 Å². The molecule has 0 aliphatic heterocycles. The van der Waals surface area contributed by atoms with E-state index in [-0.39, 0.29) is 23.1 Å². The first-order valence-corrected chi connectivity index (χ1v) is 7.11. The van der Waals surface area contributed by atoms with Gasteiger partial charge in [-0.05, 0) is 12.1 Å². The lowest BCUT2D eigenvalue weighted by molar-refractivity contribution is -0.121. The van der Waals surface area contributed by atoms with Crippen molar-refractivity contribution in [2.75, 3.05) is 0 Å². The summed E-state index contributed by atoms with van der Waals surface area (Å²) in [4.78, 5) is 12.0. The SMILES string of the molecule is C#CCCC(=O)NCc1ccc(S(N)(=O)=O)s1. The number of nitrogens with two attached hydrogens (primary N) is 1. The minimum absolute atomic E-state index is 0.0883. The summed E-state index contributed by atoms with van der Waals surface area (Å²) in [5.41, 5.74) is 0. The number of amides is 1. The van der Waals surface area contributed by atoms with Gasteiger partial charge in [0.05, 0.1) is 6.54 Å². The van der Waals surface area contributed by atoms with E-state index in [0.717, 1.165) is 16.2 Å². The third kappa shape index (κ3) is 4.56. The first-order chi connectivity index (χ1) is 7.93. The van der Waals surface area contributed by atoms with Crippen LogP contribution in [0.2, 0.25) is 0 Å². The molecule has 3 N–H and O–H groups in total. The molecular formula is C10H12N2O3S2. The Kier molecular flexibility index (Phi) is 4.69. The molecule has 1 aromatic heterocycles. The maximum Gasteiger partial charge on any atom is 0.247 e. The highest BCUT2D eigenvalue weighted by molar-refractivity contribution is 7.91. The van der Waals surface area contributed by atoms with Crippen LogP contribution < -0.4 is 10.5 Å². The molecule has 1 heterocycles. The van der Waals surface area contributed by atoms with Crippen LogP contribution in [0.1, 0.15) is 17.7 Å². The van der Waals surface area contributed by atoms with Gasteiger partial charge in [-0.3, -0.25) is 4.79 Å². The Bertz CT molecular complexity index is 540. The average molecular weight is 272 g/mol. The maximum atomic E-state index is 11.2. The Morgan fingerprint density at radius 2 is 2.24 bits per heavy atom. The van der Waals surface area contributed by atoms with E-state index in [1.54, 1.807) is 6.07 Å². The molecule has 5 nitrogen and oxygen atoms in total. The third-order valence-corrected chi connectivity index (χ3v) is 4.40. The van der Waals surface area contributed by atoms with Gasteiger partial charge in [-0.15, -0.1) is 23.7 Å². The molecule has 7 heteroatoms. The van der Waals surface area contributed by atoms with Gasteiger partial charge >= 0.3 is 0 Å². The van der Waals surface area contributed by atoms with Gasteiger partial charge in [-0.25, -0.2) is 13.6 Å². The number of rotatable bonds is 5. The fraction of sp³-hybridized carbons (Fsp3) is 0.300. The molecule has 0 spiro atoms. The lowest BCUT2D eigenvalue weighted by Gasteiger charge is -2.00. The molecule has 0 aliphatic rings. The molecule has 0 fully saturated rings. The van der Waals surface area contributed by atoms with Crippen molar-refractivity contribution in [1.29, 1.82) is 0 Å². The minimum Gasteiger partial charge on any atom is -0.351 e. The fourth-order valence-electron chi connectivity index (χ4n) is 1.07. The van der Waals surface area contributed by atoms with Crippen LogP contribution in [0.4, 0.5) is 0 Å². The van der Waals surface area contributed by atoms with E-state index in [4.69, 9.17) is 11.6 Å². The molecule has 1 aromatic rings. The summed E-state index contributed by atoms with van der Waals surface area (Å²) in [7, 11) is -3.66. The zero-order valence-electron chi connectivity index (χ0n) is 8.97. The number of terminal acetylenes is 1. The molecule has 17 heavy (non-hydrogen) atoms. The van der Waals surface area contributed by atoms with Crippen molar-refractivity contribution in [2.45, 2.75) is 23.6 Å². The minimum atomic E-state index is -3.66. The van der Waals surface area contributed by atoms with Crippen LogP contribution in [0, 0.1) is 12.3 Å². The molecule has 0 aromatic carbocycles. The highest BCUT2D eigenvalue weighted by Gasteiger charge is 2.11. The summed E-state index contributed by atoms with van der Waals surface area (Å²) >= 11 is 1.04. The molecule has 1 rings (SSSR count). The molecule has 0 saturated heterocycles. The van der Waals surface area contributed by atoms with Crippen molar-refractivity contribution < 1.29 is 13.2 Å². The van der Waals surface area contributed by atoms with Crippen molar-refractivity contribution >= 4 is 27.3 Å². The summed E-state index contributed by atoms with van der Waals surface area (Å²) in [6.45, 7) is 0.281. The molecule has 92 valence electrons. The normalized spacial score (nSPS) is 10.8. The molecular weight excluding hydrogens is 260 g/mol. The average Bonchev–Trinajstić information content (AvgIpc) is 2.71. The van der Waals surface area contributed by atoms with E-state index >= 15 is 0 Å². The zero-order valence-corrected chi connectivity index (χ0v) is 10.6. The van der Waals surface area contributed by atoms with E-state index in [9.17, 15) is 13.2 Å². The van der Waals surface area contributed by atoms with Gasteiger partial charge in [0.1, 0.15) is 4.21 Å². The van der Waals surface area contributed by atoms with Crippen LogP contribution in [0.25, 0.3) is 0 Å². The smallest absolute Gasteiger partial charge is 0.247 e. The second kappa shape index (κ2) is 5.82. The lowest BCUT2D eigenvalue weighted by Crippen LogP contribution is -2.21. The second-order valence-corrected chi connectivity index (χ2v) is 6.20. The Labute approximate surface area is 104 Å². The number of hydrogen-bond acceptors (Lipinski definition) is 4. The van der Waals surface area contributed by atoms with E-state index < -0.39 is 10.0 Å². The third-order valence-electron chi connectivity index (χ3n) is 1.87. The Morgan fingerprint density at radius 3 is 2.76 bits per heavy atom. The van der Waals surface area contributed by atoms with E-state index in [1.165, 1.54) is 6.07 Å². The topological polar surface area (TPSA) is 89.3 Å². The van der Waals surface area contributed by atoms with Crippen LogP contribution in [0.5, 0.6) is 0 Å². The number of nitrogens with one attached hydrogen (secondary N) is 1. The summed E-state index contributed by atoms with van der Waals surface area (Å²) in [6.07, 6.45) is 5.68. The van der Waals surface area contributed by atoms with Gasteiger partial charge in [0.15, 0.2) is 0 Å². The van der Waals surface area contributed by atoms with Crippen LogP contribution in [-0.4, -0.2) is 14.3 Å². The largest absolute Gasteiger partial charge is 0.351 e. The summed E-state index contributed by atoms with van der Waals surface area (Å²) in [5, 5.41) is 7.60. The standard InChI is InChI=1S/C10H12N2O3S2/c1-2-3-4-9(13)12-7-8-5-6-10(16-8)17(11,14)15/h1,5-6H,3-4,7H2,(H,12,13)(H2,11,14,15). The Morgan fingerprint density at radius 1 is 1.53 bits per heavy atom. The Balaban J connectivity index is 2.51. The summed E-state index contributed by atoms with van der Waals surface area (Å²) in [6, 6.07) is 3.04. The number of sulfonamides is 1. The van der Waals surface area contributed by atoms with E-state index in [0.29, 0.717) is 6.42 Å². The number of primary sulfonamides is 1. The van der Waals surface area contributed by atoms with E-state index in [1.807, 2.05) is 0 Å². The molecule has 0 atom stereocenters. The fourth-order valence-corrected chi connectivity index (χ4v) is 2.78. The lowest BCUT2D eigenvalue weighted by atomic mass is 10.3. The first kappa shape index (κ1) is 13.7. The number of hydrogen-bond donors (Lipinski definition) is 2. The summed E-state index contributed by atoms with van der Waals surface area (Å²) in [5.74, 6) is 2.21. The van der Waals surface area contributed by atoms with Crippen LogP contribution in [-0.2, 0) is 21.4 Å². The monoisotopic (exact) mass is 272 g/mol. The first-order valence-electron chi connectivity index (χ1n) is 4.75. The van der Waals surface area contributed by atoms with Gasteiger partial charge < -0.3 is 5.32 Å². The second-order valence-electron chi connectivity index (χ2n) is 3.25. The van der Waals surface area contributed by atoms with Gasteiger partial charge in [-0.2, -0.15) is 0 Å². The quantitative estimate of drug-likeness (QED) is 0.761. The van der Waals surface area contributed by atoms with Crippen LogP contribution >= 0.6 is 11.3 Å². The molecule has 0 radical (unpaired) electrons. The van der Waals surface area contributed by atoms with Gasteiger partial charge in [-0.1, -0.05) is 0 Å². The van der Waals surface area contributed by atoms with Crippen molar-refractivity contribution in [3.63, 3.8) is 0 Å². The molecule has 0 unspecified atom stereocenters. The van der Waals surface area contributed by atoms with Crippen molar-refractivity contribution in [2.24, 2.45) is 5.14 Å². The highest BCUT2D eigenvalue weighted by Crippen LogP contribution is 2.19. The molecule has 1 amide bonds. The summed E-state index contributed by atoms with van der Waals surface area (Å²) < 4.78 is 22.1. The number of thiophene rings is 1. The predicted octanol–water partition coefficient (Wildman–Crippen LogP) is 0.425. The number of carbonyl (C=O) groups is 1. The number of carbonyl (C=O) groups excluding carboxylic acids is 1. The van der Waals surface area contributed by atoms with E-state index in [2.05, 4.69) is 11.2 Å². The molecule has 0 bridgehead atoms. The predicted molar refractivity (Wildman–Crippen MR) is 65.6 cm³/mol. The Hall–Kier alpha value is -1.36. The van der Waals surface area contributed by atoms with Gasteiger partial charge in [0.2, 0.25) is 15.9 Å². The van der Waals surface area contributed by atoms with Crippen molar-refractivity contribution in [1.82, 2.24) is 5.32 Å². The molecule has 0 saturated carbocycles. The van der Waals surface area contributed by atoms with Gasteiger partial charge in [0, 0.05) is 17.7 Å².